The molecule has 1 aromatic carbocycles. The zero-order valence-corrected chi connectivity index (χ0v) is 10.2. The summed E-state index contributed by atoms with van der Waals surface area (Å²) in [6, 6.07) is 1.99. The largest absolute Gasteiger partial charge is 0.494 e. The van der Waals surface area contributed by atoms with Crippen molar-refractivity contribution in [2.45, 2.75) is 26.2 Å². The van der Waals surface area contributed by atoms with Crippen molar-refractivity contribution in [3.8, 4) is 5.75 Å². The first-order valence-corrected chi connectivity index (χ1v) is 5.52. The van der Waals surface area contributed by atoms with Gasteiger partial charge in [0.1, 0.15) is 5.78 Å². The average Bonchev–Trinajstić information content (AvgIpc) is 2.30. The van der Waals surface area contributed by atoms with Crippen molar-refractivity contribution >= 4 is 11.5 Å². The number of hydrogen-bond donors (Lipinski definition) is 0. The highest BCUT2D eigenvalue weighted by Crippen LogP contribution is 2.28. The molecular formula is C12H14FNO4. The van der Waals surface area contributed by atoms with Gasteiger partial charge in [-0.3, -0.25) is 14.9 Å². The lowest BCUT2D eigenvalue weighted by Gasteiger charge is -2.06. The summed E-state index contributed by atoms with van der Waals surface area (Å²) in [7, 11) is 1.27. The number of ketones is 1. The van der Waals surface area contributed by atoms with Crippen LogP contribution >= 0.6 is 0 Å². The van der Waals surface area contributed by atoms with Crippen LogP contribution in [0.3, 0.4) is 0 Å². The molecule has 0 heterocycles. The van der Waals surface area contributed by atoms with E-state index in [0.29, 0.717) is 12.8 Å². The first kappa shape index (κ1) is 14.1. The van der Waals surface area contributed by atoms with E-state index in [1.807, 2.05) is 6.92 Å². The second-order valence-corrected chi connectivity index (χ2v) is 3.84. The molecule has 5 nitrogen and oxygen atoms in total. The Morgan fingerprint density at radius 1 is 1.50 bits per heavy atom. The van der Waals surface area contributed by atoms with Crippen LogP contribution in [-0.4, -0.2) is 17.8 Å². The SMILES string of the molecule is CCCC(=O)Cc1cc(OC)c(F)cc1[N+](=O)[O-]. The third-order valence-electron chi connectivity index (χ3n) is 2.47. The fraction of sp³-hybridized carbons (Fsp3) is 0.417. The molecule has 6 heteroatoms. The van der Waals surface area contributed by atoms with E-state index in [1.165, 1.54) is 13.2 Å². The average molecular weight is 255 g/mol. The number of rotatable bonds is 6. The number of ether oxygens (including phenoxy) is 1. The van der Waals surface area contributed by atoms with E-state index in [2.05, 4.69) is 0 Å². The molecule has 0 atom stereocenters. The standard InChI is InChI=1S/C12H14FNO4/c1-3-4-9(15)5-8-6-12(18-2)10(13)7-11(8)14(16)17/h6-7H,3-5H2,1-2H3. The van der Waals surface area contributed by atoms with Gasteiger partial charge in [-0.25, -0.2) is 4.39 Å². The third kappa shape index (κ3) is 3.26. The lowest BCUT2D eigenvalue weighted by molar-refractivity contribution is -0.385. The Kier molecular flexibility index (Phi) is 4.76. The van der Waals surface area contributed by atoms with E-state index in [4.69, 9.17) is 4.74 Å². The first-order valence-electron chi connectivity index (χ1n) is 5.52. The van der Waals surface area contributed by atoms with E-state index in [1.54, 1.807) is 0 Å². The monoisotopic (exact) mass is 255 g/mol. The number of carbonyl (C=O) groups excluding carboxylic acids is 1. The number of nitro benzene ring substituents is 1. The van der Waals surface area contributed by atoms with Crippen LogP contribution in [0.25, 0.3) is 0 Å². The molecule has 0 aliphatic carbocycles. The van der Waals surface area contributed by atoms with E-state index >= 15 is 0 Å². The number of carbonyl (C=O) groups is 1. The maximum atomic E-state index is 13.4. The highest BCUT2D eigenvalue weighted by Gasteiger charge is 2.20. The molecule has 0 aliphatic rings. The van der Waals surface area contributed by atoms with Crippen LogP contribution < -0.4 is 4.74 Å². The molecule has 0 fully saturated rings. The summed E-state index contributed by atoms with van der Waals surface area (Å²) in [6.07, 6.45) is 0.933. The predicted octanol–water partition coefficient (Wildman–Crippen LogP) is 2.65. The molecular weight excluding hydrogens is 241 g/mol. The molecule has 0 saturated carbocycles. The van der Waals surface area contributed by atoms with E-state index in [0.717, 1.165) is 6.07 Å². The van der Waals surface area contributed by atoms with Crippen molar-refractivity contribution in [1.29, 1.82) is 0 Å². The van der Waals surface area contributed by atoms with Crippen LogP contribution in [0.1, 0.15) is 25.3 Å². The Morgan fingerprint density at radius 2 is 2.17 bits per heavy atom. The zero-order valence-electron chi connectivity index (χ0n) is 10.2. The van der Waals surface area contributed by atoms with Gasteiger partial charge in [0, 0.05) is 18.4 Å². The second kappa shape index (κ2) is 6.09. The first-order chi connectivity index (χ1) is 8.49. The summed E-state index contributed by atoms with van der Waals surface area (Å²) in [4.78, 5) is 21.6. The molecule has 0 aromatic heterocycles. The summed E-state index contributed by atoms with van der Waals surface area (Å²) >= 11 is 0. The van der Waals surface area contributed by atoms with Crippen molar-refractivity contribution in [2.75, 3.05) is 7.11 Å². The molecule has 0 aliphatic heterocycles. The maximum Gasteiger partial charge on any atom is 0.276 e. The summed E-state index contributed by atoms with van der Waals surface area (Å²) in [5, 5.41) is 10.8. The molecule has 0 saturated heterocycles. The Hall–Kier alpha value is -1.98. The van der Waals surface area contributed by atoms with Gasteiger partial charge in [0.05, 0.1) is 18.1 Å². The molecule has 0 bridgehead atoms. The van der Waals surface area contributed by atoms with Gasteiger partial charge < -0.3 is 4.74 Å². The van der Waals surface area contributed by atoms with Crippen LogP contribution in [0.2, 0.25) is 0 Å². The molecule has 0 unspecified atom stereocenters. The molecule has 0 amide bonds. The molecule has 1 aromatic rings. The van der Waals surface area contributed by atoms with Crippen LogP contribution in [0.5, 0.6) is 5.75 Å². The zero-order chi connectivity index (χ0) is 13.7. The van der Waals surface area contributed by atoms with Gasteiger partial charge in [0.2, 0.25) is 0 Å². The molecule has 0 radical (unpaired) electrons. The minimum Gasteiger partial charge on any atom is -0.494 e. The van der Waals surface area contributed by atoms with Crippen molar-refractivity contribution < 1.29 is 18.8 Å². The third-order valence-corrected chi connectivity index (χ3v) is 2.47. The molecule has 0 N–H and O–H groups in total. The predicted molar refractivity (Wildman–Crippen MR) is 63.2 cm³/mol. The summed E-state index contributed by atoms with van der Waals surface area (Å²) in [5.74, 6) is -1.02. The summed E-state index contributed by atoms with van der Waals surface area (Å²) < 4.78 is 18.1. The van der Waals surface area contributed by atoms with Gasteiger partial charge in [0.15, 0.2) is 11.6 Å². The Morgan fingerprint density at radius 3 is 2.67 bits per heavy atom. The van der Waals surface area contributed by atoms with Crippen LogP contribution in [-0.2, 0) is 11.2 Å². The van der Waals surface area contributed by atoms with Crippen molar-refractivity contribution in [1.82, 2.24) is 0 Å². The molecule has 18 heavy (non-hydrogen) atoms. The topological polar surface area (TPSA) is 69.4 Å². The van der Waals surface area contributed by atoms with Gasteiger partial charge >= 0.3 is 0 Å². The number of Topliss-reactive ketones (excluding diaryl/α,β-unsaturated/α-hetero) is 1. The van der Waals surface area contributed by atoms with E-state index < -0.39 is 16.4 Å². The highest BCUT2D eigenvalue weighted by atomic mass is 19.1. The number of methoxy groups -OCH3 is 1. The lowest BCUT2D eigenvalue weighted by Crippen LogP contribution is -2.06. The van der Waals surface area contributed by atoms with Crippen LogP contribution in [0.4, 0.5) is 10.1 Å². The number of nitro groups is 1. The molecule has 1 rings (SSSR count). The highest BCUT2D eigenvalue weighted by molar-refractivity contribution is 5.82. The molecule has 98 valence electrons. The minimum atomic E-state index is -0.809. The van der Waals surface area contributed by atoms with Crippen LogP contribution in [0, 0.1) is 15.9 Å². The van der Waals surface area contributed by atoms with Gasteiger partial charge in [-0.2, -0.15) is 0 Å². The number of nitrogens with zero attached hydrogens (tertiary/aromatic N) is 1. The van der Waals surface area contributed by atoms with Gasteiger partial charge in [-0.1, -0.05) is 6.92 Å². The lowest BCUT2D eigenvalue weighted by atomic mass is 10.0. The van der Waals surface area contributed by atoms with Crippen molar-refractivity contribution in [3.63, 3.8) is 0 Å². The van der Waals surface area contributed by atoms with Gasteiger partial charge in [-0.15, -0.1) is 0 Å². The normalized spacial score (nSPS) is 10.2. The summed E-state index contributed by atoms with van der Waals surface area (Å²) in [6.45, 7) is 1.84. The quantitative estimate of drug-likeness (QED) is 0.578. The summed E-state index contributed by atoms with van der Waals surface area (Å²) in [5.41, 5.74) is -0.213. The fourth-order valence-electron chi connectivity index (χ4n) is 1.63. The Bertz CT molecular complexity index is 473. The smallest absolute Gasteiger partial charge is 0.276 e. The van der Waals surface area contributed by atoms with Crippen LogP contribution in [0.15, 0.2) is 12.1 Å². The Balaban J connectivity index is 3.14. The van der Waals surface area contributed by atoms with Crippen molar-refractivity contribution in [3.05, 3.63) is 33.6 Å². The van der Waals surface area contributed by atoms with Gasteiger partial charge in [-0.05, 0) is 12.5 Å². The molecule has 0 spiro atoms. The Labute approximate surface area is 104 Å². The van der Waals surface area contributed by atoms with Gasteiger partial charge in [0.25, 0.3) is 5.69 Å². The van der Waals surface area contributed by atoms with E-state index in [9.17, 15) is 19.3 Å². The number of halogens is 1. The fourth-order valence-corrected chi connectivity index (χ4v) is 1.63. The van der Waals surface area contributed by atoms with E-state index in [-0.39, 0.29) is 23.5 Å². The number of benzene rings is 1. The second-order valence-electron chi connectivity index (χ2n) is 3.84. The maximum absolute atomic E-state index is 13.4. The minimum absolute atomic E-state index is 0.0825. The van der Waals surface area contributed by atoms with Crippen molar-refractivity contribution in [2.24, 2.45) is 0 Å². The number of hydrogen-bond acceptors (Lipinski definition) is 4.